The monoisotopic (exact) mass is 412 g/mol. The first-order valence-corrected chi connectivity index (χ1v) is 11.7. The second kappa shape index (κ2) is 21.5. The van der Waals surface area contributed by atoms with Crippen molar-refractivity contribution in [1.82, 2.24) is 0 Å². The van der Waals surface area contributed by atoms with E-state index in [2.05, 4.69) is 41.5 Å². The van der Waals surface area contributed by atoms with Crippen LogP contribution in [-0.2, 0) is 19.1 Å². The fourth-order valence-corrected chi connectivity index (χ4v) is 3.40. The molecule has 2 unspecified atom stereocenters. The van der Waals surface area contributed by atoms with Crippen molar-refractivity contribution in [2.24, 2.45) is 11.8 Å². The van der Waals surface area contributed by atoms with E-state index in [0.29, 0.717) is 18.3 Å². The third-order valence-electron chi connectivity index (χ3n) is 4.70. The third kappa shape index (κ3) is 19.9. The standard InChI is InChI=1S/C11H16O3.C8H16O.2C3H8/c1-9-4-2-5-10(8-9)14-11(13)6-3-7-12;1-7-4-3-5-8(6-7)9-2;2*1-3-2/h3,6-7,9-10H,2,4-5,8H2,1H3;7-8H,3-6H2,1-2H3;2*3H2,1-2H3/b6-3+;;;/t9-,10?;7-,8?;;/m00../s1. The minimum absolute atomic E-state index is 0.0440. The minimum atomic E-state index is -0.406. The van der Waals surface area contributed by atoms with Gasteiger partial charge >= 0.3 is 5.97 Å². The Hall–Kier alpha value is -1.16. The number of aldehydes is 1. The molecular formula is C25H48O4. The number of hydrogen-bond acceptors (Lipinski definition) is 4. The molecule has 0 aromatic heterocycles. The van der Waals surface area contributed by atoms with Gasteiger partial charge in [-0.15, -0.1) is 0 Å². The van der Waals surface area contributed by atoms with Gasteiger partial charge in [0.1, 0.15) is 12.4 Å². The zero-order valence-corrected chi connectivity index (χ0v) is 20.2. The summed E-state index contributed by atoms with van der Waals surface area (Å²) in [6, 6.07) is 0. The number of esters is 1. The lowest BCUT2D eigenvalue weighted by Crippen LogP contribution is -2.23. The molecule has 0 radical (unpaired) electrons. The first-order valence-electron chi connectivity index (χ1n) is 11.7. The summed E-state index contributed by atoms with van der Waals surface area (Å²) < 4.78 is 10.4. The predicted molar refractivity (Wildman–Crippen MR) is 123 cm³/mol. The zero-order chi connectivity index (χ0) is 22.5. The van der Waals surface area contributed by atoms with Crippen LogP contribution >= 0.6 is 0 Å². The summed E-state index contributed by atoms with van der Waals surface area (Å²) in [4.78, 5) is 21.1. The Bertz CT molecular complexity index is 404. The van der Waals surface area contributed by atoms with Crippen molar-refractivity contribution in [3.05, 3.63) is 12.2 Å². The molecular weight excluding hydrogens is 364 g/mol. The van der Waals surface area contributed by atoms with E-state index in [-0.39, 0.29) is 6.10 Å². The molecule has 2 fully saturated rings. The van der Waals surface area contributed by atoms with Gasteiger partial charge in [-0.05, 0) is 50.0 Å². The lowest BCUT2D eigenvalue weighted by Gasteiger charge is -2.25. The van der Waals surface area contributed by atoms with Gasteiger partial charge in [0.05, 0.1) is 6.10 Å². The average molecular weight is 413 g/mol. The average Bonchev–Trinajstić information content (AvgIpc) is 2.68. The summed E-state index contributed by atoms with van der Waals surface area (Å²) in [5.41, 5.74) is 0. The zero-order valence-electron chi connectivity index (χ0n) is 20.2. The topological polar surface area (TPSA) is 52.6 Å². The fourth-order valence-electron chi connectivity index (χ4n) is 3.40. The molecule has 0 saturated heterocycles. The highest BCUT2D eigenvalue weighted by Gasteiger charge is 2.21. The Morgan fingerprint density at radius 1 is 0.862 bits per heavy atom. The van der Waals surface area contributed by atoms with E-state index in [1.54, 1.807) is 0 Å². The molecule has 0 heterocycles. The molecule has 0 spiro atoms. The maximum absolute atomic E-state index is 11.1. The van der Waals surface area contributed by atoms with Crippen molar-refractivity contribution >= 4 is 12.3 Å². The van der Waals surface area contributed by atoms with Gasteiger partial charge in [0, 0.05) is 13.2 Å². The number of methoxy groups -OCH3 is 1. The Labute approximate surface area is 180 Å². The molecule has 0 aromatic rings. The van der Waals surface area contributed by atoms with Gasteiger partial charge in [0.25, 0.3) is 0 Å². The summed E-state index contributed by atoms with van der Waals surface area (Å²) in [6.07, 6.45) is 15.6. The van der Waals surface area contributed by atoms with Gasteiger partial charge < -0.3 is 9.47 Å². The number of carbonyl (C=O) groups is 2. The van der Waals surface area contributed by atoms with Crippen LogP contribution in [0.3, 0.4) is 0 Å². The van der Waals surface area contributed by atoms with Gasteiger partial charge in [-0.25, -0.2) is 4.79 Å². The highest BCUT2D eigenvalue weighted by Crippen LogP contribution is 2.26. The molecule has 172 valence electrons. The van der Waals surface area contributed by atoms with Crippen LogP contribution in [0.1, 0.15) is 106 Å². The van der Waals surface area contributed by atoms with Crippen LogP contribution in [0.2, 0.25) is 0 Å². The van der Waals surface area contributed by atoms with E-state index in [1.807, 2.05) is 7.11 Å². The number of hydrogen-bond donors (Lipinski definition) is 0. The van der Waals surface area contributed by atoms with Gasteiger partial charge in [0.15, 0.2) is 0 Å². The summed E-state index contributed by atoms with van der Waals surface area (Å²) in [6.45, 7) is 13.0. The van der Waals surface area contributed by atoms with E-state index in [4.69, 9.17) is 9.47 Å². The fraction of sp³-hybridized carbons (Fsp3) is 0.840. The summed E-state index contributed by atoms with van der Waals surface area (Å²) in [5.74, 6) is 1.12. The molecule has 4 nitrogen and oxygen atoms in total. The van der Waals surface area contributed by atoms with Crippen molar-refractivity contribution in [3.63, 3.8) is 0 Å². The lowest BCUT2D eigenvalue weighted by molar-refractivity contribution is -0.145. The van der Waals surface area contributed by atoms with Crippen LogP contribution in [0.4, 0.5) is 0 Å². The smallest absolute Gasteiger partial charge is 0.331 e. The number of carbonyl (C=O) groups excluding carboxylic acids is 2. The normalized spacial score (nSPS) is 25.9. The molecule has 2 rings (SSSR count). The maximum Gasteiger partial charge on any atom is 0.331 e. The molecule has 0 N–H and O–H groups in total. The SMILES string of the molecule is CCC.CCC.COC1CCC[C@H](C)C1.C[C@H]1CCCC(OC(=O)/C=C/C=O)C1. The van der Waals surface area contributed by atoms with Gasteiger partial charge in [-0.3, -0.25) is 4.79 Å². The second-order valence-electron chi connectivity index (χ2n) is 8.37. The Morgan fingerprint density at radius 2 is 1.31 bits per heavy atom. The summed E-state index contributed by atoms with van der Waals surface area (Å²) in [7, 11) is 1.82. The molecule has 0 amide bonds. The van der Waals surface area contributed by atoms with Crippen LogP contribution in [0.15, 0.2) is 12.2 Å². The van der Waals surface area contributed by atoms with Crippen LogP contribution < -0.4 is 0 Å². The van der Waals surface area contributed by atoms with E-state index in [0.717, 1.165) is 31.3 Å². The van der Waals surface area contributed by atoms with Crippen molar-refractivity contribution < 1.29 is 19.1 Å². The van der Waals surface area contributed by atoms with Crippen molar-refractivity contribution in [3.8, 4) is 0 Å². The molecule has 4 heteroatoms. The largest absolute Gasteiger partial charge is 0.459 e. The number of ether oxygens (including phenoxy) is 2. The van der Waals surface area contributed by atoms with Crippen LogP contribution in [-0.4, -0.2) is 31.6 Å². The third-order valence-corrected chi connectivity index (χ3v) is 4.70. The molecule has 0 bridgehead atoms. The van der Waals surface area contributed by atoms with Crippen LogP contribution in [0, 0.1) is 11.8 Å². The minimum Gasteiger partial charge on any atom is -0.459 e. The summed E-state index contributed by atoms with van der Waals surface area (Å²) >= 11 is 0. The van der Waals surface area contributed by atoms with E-state index in [9.17, 15) is 9.59 Å². The van der Waals surface area contributed by atoms with Gasteiger partial charge in [0.2, 0.25) is 0 Å². The number of rotatable bonds is 4. The molecule has 2 aliphatic rings. The maximum atomic E-state index is 11.1. The summed E-state index contributed by atoms with van der Waals surface area (Å²) in [5, 5.41) is 0. The van der Waals surface area contributed by atoms with Crippen LogP contribution in [0.25, 0.3) is 0 Å². The van der Waals surface area contributed by atoms with E-state index >= 15 is 0 Å². The highest BCUT2D eigenvalue weighted by atomic mass is 16.5. The predicted octanol–water partition coefficient (Wildman–Crippen LogP) is 6.91. The first kappa shape index (κ1) is 30.0. The van der Waals surface area contributed by atoms with E-state index in [1.165, 1.54) is 51.0 Å². The molecule has 0 aliphatic heterocycles. The quantitative estimate of drug-likeness (QED) is 0.286. The molecule has 2 saturated carbocycles. The molecule has 4 atom stereocenters. The van der Waals surface area contributed by atoms with Crippen molar-refractivity contribution in [1.29, 1.82) is 0 Å². The lowest BCUT2D eigenvalue weighted by atomic mass is 9.89. The van der Waals surface area contributed by atoms with Crippen LogP contribution in [0.5, 0.6) is 0 Å². The number of allylic oxidation sites excluding steroid dienone is 1. The Morgan fingerprint density at radius 3 is 1.69 bits per heavy atom. The molecule has 0 aromatic carbocycles. The van der Waals surface area contributed by atoms with Crippen molar-refractivity contribution in [2.45, 2.75) is 118 Å². The van der Waals surface area contributed by atoms with Gasteiger partial charge in [-0.2, -0.15) is 0 Å². The Kier molecular flexibility index (Phi) is 22.3. The van der Waals surface area contributed by atoms with E-state index < -0.39 is 5.97 Å². The van der Waals surface area contributed by atoms with Gasteiger partial charge in [-0.1, -0.05) is 73.6 Å². The second-order valence-corrected chi connectivity index (χ2v) is 8.37. The Balaban J connectivity index is 0. The van der Waals surface area contributed by atoms with Crippen molar-refractivity contribution in [2.75, 3.05) is 7.11 Å². The molecule has 29 heavy (non-hydrogen) atoms. The highest BCUT2D eigenvalue weighted by molar-refractivity contribution is 5.86. The first-order chi connectivity index (χ1) is 13.9. The molecule has 2 aliphatic carbocycles.